The topological polar surface area (TPSA) is 94.0 Å². The smallest absolute Gasteiger partial charge is 0.313 e. The summed E-state index contributed by atoms with van der Waals surface area (Å²) in [6.45, 7) is 1.65. The van der Waals surface area contributed by atoms with E-state index in [1.165, 1.54) is 22.9 Å². The first kappa shape index (κ1) is 13.8. The molecule has 1 aromatic carbocycles. The van der Waals surface area contributed by atoms with Crippen LogP contribution in [0.5, 0.6) is 11.6 Å². The minimum Gasteiger partial charge on any atom is -0.431 e. The Balaban J connectivity index is 2.51. The van der Waals surface area contributed by atoms with Crippen molar-refractivity contribution in [2.75, 3.05) is 0 Å². The third-order valence-corrected chi connectivity index (χ3v) is 2.84. The van der Waals surface area contributed by atoms with E-state index < -0.39 is 4.92 Å². The van der Waals surface area contributed by atoms with Gasteiger partial charge in [-0.1, -0.05) is 11.6 Å². The first-order chi connectivity index (χ1) is 9.43. The Kier molecular flexibility index (Phi) is 3.59. The van der Waals surface area contributed by atoms with Gasteiger partial charge in [0.05, 0.1) is 10.6 Å². The van der Waals surface area contributed by atoms with E-state index in [1.807, 2.05) is 6.07 Å². The predicted octanol–water partition coefficient (Wildman–Crippen LogP) is 2.95. The quantitative estimate of drug-likeness (QED) is 0.640. The standard InChI is InChI=1S/C12H9ClN4O3/c1-7-9(6-14)12(16(2)15-7)20-11-4-3-8(13)5-10(11)17(18)19/h3-5H,1-2H3. The number of nitrogens with zero attached hydrogens (tertiary/aromatic N) is 4. The summed E-state index contributed by atoms with van der Waals surface area (Å²) in [4.78, 5) is 10.4. The van der Waals surface area contributed by atoms with Gasteiger partial charge in [0.2, 0.25) is 11.6 Å². The molecule has 0 fully saturated rings. The molecule has 0 saturated heterocycles. The number of nitro groups is 1. The largest absolute Gasteiger partial charge is 0.431 e. The van der Waals surface area contributed by atoms with Crippen LogP contribution in [0.1, 0.15) is 11.3 Å². The Labute approximate surface area is 119 Å². The summed E-state index contributed by atoms with van der Waals surface area (Å²) in [5, 5.41) is 24.3. The molecule has 0 N–H and O–H groups in total. The normalized spacial score (nSPS) is 10.1. The van der Waals surface area contributed by atoms with Gasteiger partial charge in [0.25, 0.3) is 0 Å². The van der Waals surface area contributed by atoms with E-state index in [9.17, 15) is 10.1 Å². The minimum atomic E-state index is -0.601. The first-order valence-corrected chi connectivity index (χ1v) is 5.87. The Hall–Kier alpha value is -2.59. The summed E-state index contributed by atoms with van der Waals surface area (Å²) in [6, 6.07) is 6.00. The average Bonchev–Trinajstić information content (AvgIpc) is 2.65. The van der Waals surface area contributed by atoms with E-state index in [0.717, 1.165) is 0 Å². The molecule has 0 bridgehead atoms. The van der Waals surface area contributed by atoms with Crippen molar-refractivity contribution >= 4 is 17.3 Å². The van der Waals surface area contributed by atoms with Gasteiger partial charge >= 0.3 is 5.69 Å². The third-order valence-electron chi connectivity index (χ3n) is 2.61. The van der Waals surface area contributed by atoms with Crippen LogP contribution in [-0.2, 0) is 7.05 Å². The van der Waals surface area contributed by atoms with E-state index in [0.29, 0.717) is 5.69 Å². The third kappa shape index (κ3) is 2.41. The van der Waals surface area contributed by atoms with Gasteiger partial charge in [0.15, 0.2) is 0 Å². The molecule has 8 heteroatoms. The molecule has 20 heavy (non-hydrogen) atoms. The van der Waals surface area contributed by atoms with E-state index in [4.69, 9.17) is 21.6 Å². The van der Waals surface area contributed by atoms with Crippen molar-refractivity contribution in [3.8, 4) is 17.7 Å². The van der Waals surface area contributed by atoms with Crippen molar-refractivity contribution in [3.05, 3.63) is 44.6 Å². The van der Waals surface area contributed by atoms with Crippen molar-refractivity contribution in [1.82, 2.24) is 9.78 Å². The van der Waals surface area contributed by atoms with Crippen LogP contribution in [0.2, 0.25) is 5.02 Å². The van der Waals surface area contributed by atoms with Crippen molar-refractivity contribution in [2.45, 2.75) is 6.92 Å². The lowest BCUT2D eigenvalue weighted by molar-refractivity contribution is -0.385. The molecule has 7 nitrogen and oxygen atoms in total. The SMILES string of the molecule is Cc1nn(C)c(Oc2ccc(Cl)cc2[N+](=O)[O-])c1C#N. The summed E-state index contributed by atoms with van der Waals surface area (Å²) in [6.07, 6.45) is 0. The fraction of sp³-hybridized carbons (Fsp3) is 0.167. The molecular weight excluding hydrogens is 284 g/mol. The average molecular weight is 293 g/mol. The molecule has 2 rings (SSSR count). The number of halogens is 1. The zero-order valence-electron chi connectivity index (χ0n) is 10.6. The zero-order valence-corrected chi connectivity index (χ0v) is 11.4. The van der Waals surface area contributed by atoms with E-state index >= 15 is 0 Å². The van der Waals surface area contributed by atoms with Crippen molar-refractivity contribution in [1.29, 1.82) is 5.26 Å². The molecule has 0 saturated carbocycles. The van der Waals surface area contributed by atoms with Crippen LogP contribution in [0.25, 0.3) is 0 Å². The molecule has 0 spiro atoms. The van der Waals surface area contributed by atoms with Crippen LogP contribution in [0.4, 0.5) is 5.69 Å². The summed E-state index contributed by atoms with van der Waals surface area (Å²) < 4.78 is 6.83. The summed E-state index contributed by atoms with van der Waals surface area (Å²) in [7, 11) is 1.59. The number of nitriles is 1. The highest BCUT2D eigenvalue weighted by atomic mass is 35.5. The van der Waals surface area contributed by atoms with E-state index in [1.54, 1.807) is 14.0 Å². The molecule has 0 atom stereocenters. The summed E-state index contributed by atoms with van der Waals surface area (Å²) in [5.41, 5.74) is 0.443. The molecular formula is C12H9ClN4O3. The second-order valence-corrected chi connectivity index (χ2v) is 4.41. The Morgan fingerprint density at radius 2 is 2.25 bits per heavy atom. The number of rotatable bonds is 3. The molecule has 1 aromatic heterocycles. The molecule has 0 aliphatic carbocycles. The van der Waals surface area contributed by atoms with Gasteiger partial charge in [0, 0.05) is 18.1 Å². The highest BCUT2D eigenvalue weighted by Gasteiger charge is 2.21. The van der Waals surface area contributed by atoms with Crippen molar-refractivity contribution in [3.63, 3.8) is 0 Å². The Morgan fingerprint density at radius 1 is 1.55 bits per heavy atom. The lowest BCUT2D eigenvalue weighted by Gasteiger charge is -2.06. The van der Waals surface area contributed by atoms with Crippen molar-refractivity contribution < 1.29 is 9.66 Å². The summed E-state index contributed by atoms with van der Waals surface area (Å²) >= 11 is 5.73. The number of hydrogen-bond acceptors (Lipinski definition) is 5. The predicted molar refractivity (Wildman–Crippen MR) is 70.8 cm³/mol. The minimum absolute atomic E-state index is 0.00102. The maximum Gasteiger partial charge on any atom is 0.313 e. The number of ether oxygens (including phenoxy) is 1. The highest BCUT2D eigenvalue weighted by molar-refractivity contribution is 6.30. The number of benzene rings is 1. The van der Waals surface area contributed by atoms with Crippen LogP contribution in [0.3, 0.4) is 0 Å². The van der Waals surface area contributed by atoms with Gasteiger partial charge in [-0.2, -0.15) is 10.4 Å². The molecule has 0 radical (unpaired) electrons. The fourth-order valence-corrected chi connectivity index (χ4v) is 1.87. The van der Waals surface area contributed by atoms with E-state index in [-0.39, 0.29) is 27.9 Å². The Bertz CT molecular complexity index is 733. The zero-order chi connectivity index (χ0) is 14.9. The van der Waals surface area contributed by atoms with Crippen LogP contribution in [-0.4, -0.2) is 14.7 Å². The molecule has 0 aliphatic rings. The van der Waals surface area contributed by atoms with Crippen LogP contribution >= 0.6 is 11.6 Å². The molecule has 0 unspecified atom stereocenters. The number of hydrogen-bond donors (Lipinski definition) is 0. The Morgan fingerprint density at radius 3 is 2.85 bits per heavy atom. The number of aryl methyl sites for hydroxylation is 2. The molecule has 0 aliphatic heterocycles. The van der Waals surface area contributed by atoms with Gasteiger partial charge in [-0.3, -0.25) is 10.1 Å². The summed E-state index contributed by atoms with van der Waals surface area (Å²) in [5.74, 6) is 0.148. The first-order valence-electron chi connectivity index (χ1n) is 5.49. The molecule has 0 amide bonds. The number of aromatic nitrogens is 2. The van der Waals surface area contributed by atoms with Crippen LogP contribution in [0.15, 0.2) is 18.2 Å². The second kappa shape index (κ2) is 5.19. The lowest BCUT2D eigenvalue weighted by Crippen LogP contribution is -1.99. The van der Waals surface area contributed by atoms with Gasteiger partial charge in [0.1, 0.15) is 11.6 Å². The van der Waals surface area contributed by atoms with Crippen LogP contribution < -0.4 is 4.74 Å². The monoisotopic (exact) mass is 292 g/mol. The molecule has 2 aromatic rings. The lowest BCUT2D eigenvalue weighted by atomic mass is 10.2. The maximum atomic E-state index is 11.0. The molecule has 1 heterocycles. The maximum absolute atomic E-state index is 11.0. The van der Waals surface area contributed by atoms with Crippen LogP contribution in [0, 0.1) is 28.4 Å². The van der Waals surface area contributed by atoms with E-state index in [2.05, 4.69) is 5.10 Å². The molecule has 102 valence electrons. The second-order valence-electron chi connectivity index (χ2n) is 3.97. The number of nitro benzene ring substituents is 1. The van der Waals surface area contributed by atoms with Gasteiger partial charge in [-0.25, -0.2) is 4.68 Å². The highest BCUT2D eigenvalue weighted by Crippen LogP contribution is 2.35. The van der Waals surface area contributed by atoms with Gasteiger partial charge < -0.3 is 4.74 Å². The fourth-order valence-electron chi connectivity index (χ4n) is 1.71. The van der Waals surface area contributed by atoms with Gasteiger partial charge in [-0.05, 0) is 19.1 Å². The van der Waals surface area contributed by atoms with Crippen molar-refractivity contribution in [2.24, 2.45) is 7.05 Å². The van der Waals surface area contributed by atoms with Gasteiger partial charge in [-0.15, -0.1) is 0 Å².